The van der Waals surface area contributed by atoms with Gasteiger partial charge < -0.3 is 10.6 Å². The molecule has 0 spiro atoms. The number of halogens is 2. The first kappa shape index (κ1) is 20.3. The molecule has 26 heavy (non-hydrogen) atoms. The van der Waals surface area contributed by atoms with Crippen molar-refractivity contribution >= 4 is 35.0 Å². The maximum Gasteiger partial charge on any atom is 0.251 e. The molecule has 2 rings (SSSR count). The Hall–Kier alpha value is -2.04. The van der Waals surface area contributed by atoms with Gasteiger partial charge in [-0.2, -0.15) is 0 Å². The summed E-state index contributed by atoms with van der Waals surface area (Å²) in [5.74, 6) is -0.516. The first-order valence-electron chi connectivity index (χ1n) is 8.46. The highest BCUT2D eigenvalue weighted by atomic mass is 35.5. The second-order valence-corrected chi connectivity index (χ2v) is 7.12. The van der Waals surface area contributed by atoms with Crippen LogP contribution in [-0.4, -0.2) is 24.9 Å². The molecule has 2 N–H and O–H groups in total. The van der Waals surface area contributed by atoms with E-state index in [2.05, 4.69) is 10.6 Å². The minimum atomic E-state index is -0.338. The molecule has 1 unspecified atom stereocenters. The average molecular weight is 393 g/mol. The Morgan fingerprint density at radius 2 is 1.58 bits per heavy atom. The summed E-state index contributed by atoms with van der Waals surface area (Å²) in [4.78, 5) is 24.6. The Kier molecular flexibility index (Phi) is 7.49. The van der Waals surface area contributed by atoms with Gasteiger partial charge in [0.1, 0.15) is 0 Å². The van der Waals surface area contributed by atoms with E-state index in [1.807, 2.05) is 26.0 Å². The topological polar surface area (TPSA) is 58.2 Å². The van der Waals surface area contributed by atoms with Crippen molar-refractivity contribution in [3.8, 4) is 0 Å². The van der Waals surface area contributed by atoms with Crippen molar-refractivity contribution in [1.29, 1.82) is 0 Å². The van der Waals surface area contributed by atoms with Crippen LogP contribution in [0, 0.1) is 5.92 Å². The van der Waals surface area contributed by atoms with E-state index < -0.39 is 0 Å². The standard InChI is InChI=1S/C20H22Cl2N2O2/c1-13(2)18(15-8-9-16(21)17(22)12-15)20(26)24-11-10-23-19(25)14-6-4-3-5-7-14/h3-9,12-13,18H,10-11H2,1-2H3,(H,23,25)(H,24,26). The van der Waals surface area contributed by atoms with Crippen LogP contribution in [0.25, 0.3) is 0 Å². The summed E-state index contributed by atoms with van der Waals surface area (Å²) in [6.07, 6.45) is 0. The fourth-order valence-electron chi connectivity index (χ4n) is 2.71. The highest BCUT2D eigenvalue weighted by molar-refractivity contribution is 6.42. The van der Waals surface area contributed by atoms with Crippen LogP contribution in [0.1, 0.15) is 35.7 Å². The molecule has 0 heterocycles. The lowest BCUT2D eigenvalue weighted by Gasteiger charge is -2.21. The number of rotatable bonds is 7. The molecular weight excluding hydrogens is 371 g/mol. The van der Waals surface area contributed by atoms with Crippen molar-refractivity contribution in [3.63, 3.8) is 0 Å². The molecule has 0 bridgehead atoms. The van der Waals surface area contributed by atoms with Crippen LogP contribution in [0.15, 0.2) is 48.5 Å². The zero-order chi connectivity index (χ0) is 19.1. The van der Waals surface area contributed by atoms with Gasteiger partial charge in [0, 0.05) is 18.7 Å². The van der Waals surface area contributed by atoms with Gasteiger partial charge in [0.15, 0.2) is 0 Å². The number of nitrogens with one attached hydrogen (secondary N) is 2. The van der Waals surface area contributed by atoms with E-state index in [0.29, 0.717) is 28.7 Å². The molecule has 0 aliphatic rings. The summed E-state index contributed by atoms with van der Waals surface area (Å²) in [7, 11) is 0. The van der Waals surface area contributed by atoms with Gasteiger partial charge in [0.2, 0.25) is 5.91 Å². The summed E-state index contributed by atoms with van der Waals surface area (Å²) >= 11 is 12.0. The predicted octanol–water partition coefficient (Wildman–Crippen LogP) is 4.28. The van der Waals surface area contributed by atoms with Crippen molar-refractivity contribution in [2.24, 2.45) is 5.92 Å². The third-order valence-corrected chi connectivity index (χ3v) is 4.74. The van der Waals surface area contributed by atoms with Crippen LogP contribution in [0.5, 0.6) is 0 Å². The molecule has 2 amide bonds. The summed E-state index contributed by atoms with van der Waals surface area (Å²) in [5, 5.41) is 6.55. The molecule has 138 valence electrons. The van der Waals surface area contributed by atoms with E-state index in [-0.39, 0.29) is 23.7 Å². The average Bonchev–Trinajstić information content (AvgIpc) is 2.62. The monoisotopic (exact) mass is 392 g/mol. The van der Waals surface area contributed by atoms with Crippen LogP contribution in [0.4, 0.5) is 0 Å². The van der Waals surface area contributed by atoms with E-state index in [9.17, 15) is 9.59 Å². The van der Waals surface area contributed by atoms with Crippen molar-refractivity contribution in [2.45, 2.75) is 19.8 Å². The molecule has 0 aliphatic carbocycles. The Balaban J connectivity index is 1.90. The number of hydrogen-bond acceptors (Lipinski definition) is 2. The van der Waals surface area contributed by atoms with Gasteiger partial charge in [-0.15, -0.1) is 0 Å². The van der Waals surface area contributed by atoms with E-state index in [4.69, 9.17) is 23.2 Å². The van der Waals surface area contributed by atoms with Crippen molar-refractivity contribution < 1.29 is 9.59 Å². The predicted molar refractivity (Wildman–Crippen MR) is 106 cm³/mol. The highest BCUT2D eigenvalue weighted by Crippen LogP contribution is 2.30. The Morgan fingerprint density at radius 1 is 0.923 bits per heavy atom. The van der Waals surface area contributed by atoms with Gasteiger partial charge in [-0.1, -0.05) is 61.3 Å². The van der Waals surface area contributed by atoms with Crippen LogP contribution in [0.3, 0.4) is 0 Å². The first-order chi connectivity index (χ1) is 12.4. The minimum absolute atomic E-state index is 0.0890. The highest BCUT2D eigenvalue weighted by Gasteiger charge is 2.24. The molecule has 2 aromatic carbocycles. The Bertz CT molecular complexity index is 764. The summed E-state index contributed by atoms with van der Waals surface area (Å²) < 4.78 is 0. The third-order valence-electron chi connectivity index (χ3n) is 4.00. The van der Waals surface area contributed by atoms with Crippen LogP contribution < -0.4 is 10.6 Å². The molecular formula is C20H22Cl2N2O2. The zero-order valence-electron chi connectivity index (χ0n) is 14.8. The van der Waals surface area contributed by atoms with Crippen molar-refractivity contribution in [1.82, 2.24) is 10.6 Å². The third kappa shape index (κ3) is 5.48. The van der Waals surface area contributed by atoms with Crippen molar-refractivity contribution in [3.05, 3.63) is 69.7 Å². The zero-order valence-corrected chi connectivity index (χ0v) is 16.3. The first-order valence-corrected chi connectivity index (χ1v) is 9.21. The van der Waals surface area contributed by atoms with Gasteiger partial charge in [0.05, 0.1) is 16.0 Å². The molecule has 1 atom stereocenters. The molecule has 6 heteroatoms. The Morgan fingerprint density at radius 3 is 2.19 bits per heavy atom. The molecule has 0 saturated heterocycles. The SMILES string of the molecule is CC(C)C(C(=O)NCCNC(=O)c1ccccc1)c1ccc(Cl)c(Cl)c1. The van der Waals surface area contributed by atoms with Crippen LogP contribution in [0.2, 0.25) is 10.0 Å². The van der Waals surface area contributed by atoms with Gasteiger partial charge in [-0.25, -0.2) is 0 Å². The number of carbonyl (C=O) groups is 2. The van der Waals surface area contributed by atoms with E-state index in [1.165, 1.54) is 0 Å². The largest absolute Gasteiger partial charge is 0.354 e. The number of carbonyl (C=O) groups excluding carboxylic acids is 2. The molecule has 0 saturated carbocycles. The lowest BCUT2D eigenvalue weighted by atomic mass is 9.87. The quantitative estimate of drug-likeness (QED) is 0.690. The van der Waals surface area contributed by atoms with Gasteiger partial charge in [-0.05, 0) is 35.7 Å². The molecule has 0 fully saturated rings. The van der Waals surface area contributed by atoms with Crippen molar-refractivity contribution in [2.75, 3.05) is 13.1 Å². The van der Waals surface area contributed by atoms with Gasteiger partial charge in [0.25, 0.3) is 5.91 Å². The lowest BCUT2D eigenvalue weighted by molar-refractivity contribution is -0.123. The second kappa shape index (κ2) is 9.60. The van der Waals surface area contributed by atoms with Gasteiger partial charge in [-0.3, -0.25) is 9.59 Å². The maximum absolute atomic E-state index is 12.6. The second-order valence-electron chi connectivity index (χ2n) is 6.31. The van der Waals surface area contributed by atoms with E-state index in [0.717, 1.165) is 5.56 Å². The summed E-state index contributed by atoms with van der Waals surface area (Å²) in [6, 6.07) is 14.2. The number of hydrogen-bond donors (Lipinski definition) is 2. The lowest BCUT2D eigenvalue weighted by Crippen LogP contribution is -2.38. The number of benzene rings is 2. The van der Waals surface area contributed by atoms with Crippen LogP contribution in [-0.2, 0) is 4.79 Å². The summed E-state index contributed by atoms with van der Waals surface area (Å²) in [5.41, 5.74) is 1.41. The minimum Gasteiger partial charge on any atom is -0.354 e. The van der Waals surface area contributed by atoms with E-state index in [1.54, 1.807) is 36.4 Å². The molecule has 0 aliphatic heterocycles. The molecule has 0 radical (unpaired) electrons. The normalized spacial score (nSPS) is 11.9. The molecule has 2 aromatic rings. The maximum atomic E-state index is 12.6. The van der Waals surface area contributed by atoms with Gasteiger partial charge >= 0.3 is 0 Å². The van der Waals surface area contributed by atoms with E-state index >= 15 is 0 Å². The Labute approximate surface area is 163 Å². The summed E-state index contributed by atoms with van der Waals surface area (Å²) in [6.45, 7) is 4.65. The smallest absolute Gasteiger partial charge is 0.251 e. The molecule has 0 aromatic heterocycles. The fourth-order valence-corrected chi connectivity index (χ4v) is 3.01. The fraction of sp³-hybridized carbons (Fsp3) is 0.300. The number of amides is 2. The molecule has 4 nitrogen and oxygen atoms in total. The van der Waals surface area contributed by atoms with Crippen LogP contribution >= 0.6 is 23.2 Å².